The number of aryl methyl sites for hydroxylation is 1. The number of nitrogens with one attached hydrogen (secondary N) is 1. The average molecular weight is 301 g/mol. The molecule has 0 saturated carbocycles. The van der Waals surface area contributed by atoms with Gasteiger partial charge in [0.15, 0.2) is 0 Å². The fraction of sp³-hybridized carbons (Fsp3) is 0.353. The largest absolute Gasteiger partial charge is 0.492 e. The van der Waals surface area contributed by atoms with Crippen molar-refractivity contribution in [3.05, 3.63) is 41.3 Å². The molecule has 1 aromatic heterocycles. The maximum atomic E-state index is 12.3. The molecule has 1 N–H and O–H groups in total. The number of carbonyl (C=O) groups is 1. The summed E-state index contributed by atoms with van der Waals surface area (Å²) in [6.07, 6.45) is 2.50. The Morgan fingerprint density at radius 1 is 1.45 bits per heavy atom. The first kappa shape index (κ1) is 14.5. The lowest BCUT2D eigenvalue weighted by Crippen LogP contribution is -2.13. The number of carbonyl (C=O) groups excluding carboxylic acids is 1. The van der Waals surface area contributed by atoms with Gasteiger partial charge in [0, 0.05) is 18.1 Å². The highest BCUT2D eigenvalue weighted by atomic mass is 16.5. The number of hydrogen-bond acceptors (Lipinski definition) is 4. The summed E-state index contributed by atoms with van der Waals surface area (Å²) in [5.74, 6) is 1.82. The molecule has 1 aromatic carbocycles. The third-order valence-corrected chi connectivity index (χ3v) is 3.65. The minimum Gasteiger partial charge on any atom is -0.492 e. The van der Waals surface area contributed by atoms with Crippen molar-refractivity contribution >= 4 is 11.6 Å². The van der Waals surface area contributed by atoms with Crippen LogP contribution >= 0.6 is 0 Å². The summed E-state index contributed by atoms with van der Waals surface area (Å²) >= 11 is 0. The molecule has 0 aliphatic carbocycles. The van der Waals surface area contributed by atoms with Crippen molar-refractivity contribution in [3.8, 4) is 11.5 Å². The smallest absolute Gasteiger partial charge is 0.259 e. The van der Waals surface area contributed by atoms with Gasteiger partial charge in [0.05, 0.1) is 24.1 Å². The van der Waals surface area contributed by atoms with Gasteiger partial charge in [0.2, 0.25) is 0 Å². The summed E-state index contributed by atoms with van der Waals surface area (Å²) in [6.45, 7) is 6.22. The van der Waals surface area contributed by atoms with Gasteiger partial charge in [-0.1, -0.05) is 0 Å². The van der Waals surface area contributed by atoms with Gasteiger partial charge in [-0.2, -0.15) is 0 Å². The summed E-state index contributed by atoms with van der Waals surface area (Å²) in [5.41, 5.74) is 2.23. The molecule has 5 heteroatoms. The van der Waals surface area contributed by atoms with E-state index in [2.05, 4.69) is 5.32 Å². The predicted octanol–water partition coefficient (Wildman–Crippen LogP) is 3.56. The van der Waals surface area contributed by atoms with Crippen molar-refractivity contribution in [1.29, 1.82) is 0 Å². The Kier molecular flexibility index (Phi) is 3.79. The molecule has 0 bridgehead atoms. The van der Waals surface area contributed by atoms with E-state index in [0.29, 0.717) is 29.4 Å². The zero-order chi connectivity index (χ0) is 15.7. The highest BCUT2D eigenvalue weighted by Gasteiger charge is 2.23. The highest BCUT2D eigenvalue weighted by Crippen LogP contribution is 2.38. The first-order valence-corrected chi connectivity index (χ1v) is 7.40. The zero-order valence-corrected chi connectivity index (χ0v) is 12.9. The molecule has 0 saturated heterocycles. The molecule has 0 spiro atoms. The summed E-state index contributed by atoms with van der Waals surface area (Å²) in [5, 5.41) is 2.88. The summed E-state index contributed by atoms with van der Waals surface area (Å²) in [7, 11) is 0. The molecule has 0 fully saturated rings. The van der Waals surface area contributed by atoms with Gasteiger partial charge in [-0.25, -0.2) is 0 Å². The number of amides is 1. The van der Waals surface area contributed by atoms with E-state index in [4.69, 9.17) is 13.9 Å². The zero-order valence-electron chi connectivity index (χ0n) is 12.9. The summed E-state index contributed by atoms with van der Waals surface area (Å²) in [4.78, 5) is 12.3. The van der Waals surface area contributed by atoms with Gasteiger partial charge in [-0.3, -0.25) is 4.79 Å². The topological polar surface area (TPSA) is 60.7 Å². The molecule has 0 radical (unpaired) electrons. The Balaban J connectivity index is 1.91. The first-order valence-electron chi connectivity index (χ1n) is 7.40. The van der Waals surface area contributed by atoms with E-state index >= 15 is 0 Å². The van der Waals surface area contributed by atoms with E-state index in [1.165, 1.54) is 6.26 Å². The van der Waals surface area contributed by atoms with Crippen molar-refractivity contribution in [1.82, 2.24) is 0 Å². The van der Waals surface area contributed by atoms with Crippen LogP contribution in [0, 0.1) is 6.92 Å². The SMILES string of the molecule is CCOc1cc2c(cc1NC(=O)c1ccoc1C)OC(C)C2. The Bertz CT molecular complexity index is 705. The molecule has 2 aromatic rings. The maximum Gasteiger partial charge on any atom is 0.259 e. The van der Waals surface area contributed by atoms with Crippen molar-refractivity contribution in [2.45, 2.75) is 33.3 Å². The van der Waals surface area contributed by atoms with Gasteiger partial charge in [-0.05, 0) is 32.9 Å². The van der Waals surface area contributed by atoms with Crippen molar-refractivity contribution in [3.63, 3.8) is 0 Å². The predicted molar refractivity (Wildman–Crippen MR) is 82.8 cm³/mol. The third-order valence-electron chi connectivity index (χ3n) is 3.65. The molecule has 22 heavy (non-hydrogen) atoms. The van der Waals surface area contributed by atoms with Crippen LogP contribution in [0.1, 0.15) is 35.5 Å². The molecular weight excluding hydrogens is 282 g/mol. The minimum atomic E-state index is -0.224. The van der Waals surface area contributed by atoms with Gasteiger partial charge in [0.25, 0.3) is 5.91 Å². The molecule has 1 aliphatic heterocycles. The number of benzene rings is 1. The summed E-state index contributed by atoms with van der Waals surface area (Å²) in [6, 6.07) is 5.42. The number of hydrogen-bond donors (Lipinski definition) is 1. The van der Waals surface area contributed by atoms with Crippen LogP contribution in [0.2, 0.25) is 0 Å². The second-order valence-corrected chi connectivity index (χ2v) is 5.37. The third kappa shape index (κ3) is 2.66. The normalized spacial score (nSPS) is 16.0. The minimum absolute atomic E-state index is 0.145. The fourth-order valence-corrected chi connectivity index (χ4v) is 2.62. The molecule has 116 valence electrons. The van der Waals surface area contributed by atoms with E-state index in [-0.39, 0.29) is 12.0 Å². The van der Waals surface area contributed by atoms with Crippen molar-refractivity contribution in [2.75, 3.05) is 11.9 Å². The van der Waals surface area contributed by atoms with E-state index in [1.54, 1.807) is 13.0 Å². The molecule has 1 atom stereocenters. The van der Waals surface area contributed by atoms with Crippen LogP contribution in [0.3, 0.4) is 0 Å². The second-order valence-electron chi connectivity index (χ2n) is 5.37. The lowest BCUT2D eigenvalue weighted by molar-refractivity contribution is 0.102. The molecule has 1 unspecified atom stereocenters. The highest BCUT2D eigenvalue weighted by molar-refractivity contribution is 6.05. The first-order chi connectivity index (χ1) is 10.6. The lowest BCUT2D eigenvalue weighted by Gasteiger charge is -2.13. The Morgan fingerprint density at radius 2 is 2.27 bits per heavy atom. The average Bonchev–Trinajstić information content (AvgIpc) is 3.04. The van der Waals surface area contributed by atoms with Gasteiger partial charge >= 0.3 is 0 Å². The van der Waals surface area contributed by atoms with Gasteiger partial charge < -0.3 is 19.2 Å². The van der Waals surface area contributed by atoms with E-state index < -0.39 is 0 Å². The quantitative estimate of drug-likeness (QED) is 0.938. The van der Waals surface area contributed by atoms with Crippen molar-refractivity contribution in [2.24, 2.45) is 0 Å². The second kappa shape index (κ2) is 5.75. The Hall–Kier alpha value is -2.43. The van der Waals surface area contributed by atoms with Crippen LogP contribution in [-0.4, -0.2) is 18.6 Å². The number of fused-ring (bicyclic) bond motifs is 1. The maximum absolute atomic E-state index is 12.3. The molecule has 3 rings (SSSR count). The van der Waals surface area contributed by atoms with Crippen LogP contribution in [0.15, 0.2) is 28.9 Å². The van der Waals surface area contributed by atoms with E-state index in [9.17, 15) is 4.79 Å². The van der Waals surface area contributed by atoms with Crippen LogP contribution in [0.4, 0.5) is 5.69 Å². The van der Waals surface area contributed by atoms with E-state index in [0.717, 1.165) is 17.7 Å². The number of furan rings is 1. The van der Waals surface area contributed by atoms with Gasteiger partial charge in [0.1, 0.15) is 23.4 Å². The van der Waals surface area contributed by atoms with Crippen LogP contribution in [-0.2, 0) is 6.42 Å². The molecule has 1 aliphatic rings. The lowest BCUT2D eigenvalue weighted by atomic mass is 10.1. The summed E-state index contributed by atoms with van der Waals surface area (Å²) < 4.78 is 16.6. The Morgan fingerprint density at radius 3 is 2.95 bits per heavy atom. The fourth-order valence-electron chi connectivity index (χ4n) is 2.62. The van der Waals surface area contributed by atoms with Crippen LogP contribution in [0.25, 0.3) is 0 Å². The van der Waals surface area contributed by atoms with Crippen molar-refractivity contribution < 1.29 is 18.7 Å². The molecular formula is C17H19NO4. The molecule has 2 heterocycles. The van der Waals surface area contributed by atoms with E-state index in [1.807, 2.05) is 26.0 Å². The number of ether oxygens (including phenoxy) is 2. The number of rotatable bonds is 4. The monoisotopic (exact) mass is 301 g/mol. The number of anilines is 1. The molecule has 5 nitrogen and oxygen atoms in total. The Labute approximate surface area is 129 Å². The van der Waals surface area contributed by atoms with Crippen LogP contribution in [0.5, 0.6) is 11.5 Å². The molecule has 1 amide bonds. The van der Waals surface area contributed by atoms with Crippen LogP contribution < -0.4 is 14.8 Å². The standard InChI is InChI=1S/C17H19NO4/c1-4-20-16-8-12-7-10(2)22-15(12)9-14(16)18-17(19)13-5-6-21-11(13)3/h5-6,8-10H,4,7H2,1-3H3,(H,18,19). The van der Waals surface area contributed by atoms with Gasteiger partial charge in [-0.15, -0.1) is 0 Å².